The molecule has 0 saturated carbocycles. The normalized spacial score (nSPS) is 14.7. The summed E-state index contributed by atoms with van der Waals surface area (Å²) in [4.78, 5) is 28.3. The van der Waals surface area contributed by atoms with E-state index < -0.39 is 17.7 Å². The van der Waals surface area contributed by atoms with E-state index in [2.05, 4.69) is 6.08 Å². The molecule has 1 aliphatic rings. The van der Waals surface area contributed by atoms with Crippen LogP contribution in [0.25, 0.3) is 48.8 Å². The molecule has 8 nitrogen and oxygen atoms in total. The van der Waals surface area contributed by atoms with Crippen LogP contribution in [0.4, 0.5) is 0 Å². The SMILES string of the molecule is CCOC(=O)[C@@H](OC(C)(C)C)c1c(C)cc2nc(-c3cnc4c(n3)c(C3=CCCCC3)nn4C)sc2c1-c1ccc(Cl)cc1. The minimum Gasteiger partial charge on any atom is -0.464 e. The van der Waals surface area contributed by atoms with Crippen LogP contribution in [0.3, 0.4) is 0 Å². The summed E-state index contributed by atoms with van der Waals surface area (Å²) in [7, 11) is 1.91. The zero-order valence-corrected chi connectivity index (χ0v) is 27.5. The lowest BCUT2D eigenvalue weighted by molar-refractivity contribution is -0.166. The maximum absolute atomic E-state index is 13.5. The number of fused-ring (bicyclic) bond motifs is 2. The summed E-state index contributed by atoms with van der Waals surface area (Å²) in [6.07, 6.45) is 7.50. The molecule has 2 aromatic carbocycles. The maximum Gasteiger partial charge on any atom is 0.339 e. The van der Waals surface area contributed by atoms with E-state index in [9.17, 15) is 4.79 Å². The Labute approximate surface area is 266 Å². The lowest BCUT2D eigenvalue weighted by atomic mass is 9.91. The van der Waals surface area contributed by atoms with E-state index in [4.69, 9.17) is 41.1 Å². The van der Waals surface area contributed by atoms with Crippen LogP contribution in [0.2, 0.25) is 5.02 Å². The molecule has 0 radical (unpaired) electrons. The van der Waals surface area contributed by atoms with Gasteiger partial charge in [-0.25, -0.2) is 24.4 Å². The van der Waals surface area contributed by atoms with Crippen LogP contribution in [0, 0.1) is 6.92 Å². The smallest absolute Gasteiger partial charge is 0.339 e. The Morgan fingerprint density at radius 2 is 1.93 bits per heavy atom. The number of carbonyl (C=O) groups excluding carboxylic acids is 1. The zero-order valence-electron chi connectivity index (χ0n) is 25.9. The van der Waals surface area contributed by atoms with E-state index >= 15 is 0 Å². The van der Waals surface area contributed by atoms with E-state index in [1.807, 2.05) is 65.1 Å². The number of thiazole rings is 1. The van der Waals surface area contributed by atoms with Gasteiger partial charge in [0.05, 0.1) is 28.6 Å². The number of hydrogen-bond donors (Lipinski definition) is 0. The van der Waals surface area contributed by atoms with Crippen molar-refractivity contribution >= 4 is 55.9 Å². The third kappa shape index (κ3) is 5.88. The fraction of sp³-hybridized carbons (Fsp3) is 0.382. The Bertz CT molecular complexity index is 1900. The molecule has 3 aromatic heterocycles. The molecule has 6 rings (SSSR count). The van der Waals surface area contributed by atoms with Crippen molar-refractivity contribution < 1.29 is 14.3 Å². The van der Waals surface area contributed by atoms with Crippen molar-refractivity contribution in [3.8, 4) is 21.8 Å². The van der Waals surface area contributed by atoms with E-state index in [0.717, 1.165) is 73.6 Å². The van der Waals surface area contributed by atoms with Gasteiger partial charge in [-0.05, 0) is 95.2 Å². The molecule has 0 bridgehead atoms. The van der Waals surface area contributed by atoms with Gasteiger partial charge in [0.2, 0.25) is 0 Å². The summed E-state index contributed by atoms with van der Waals surface area (Å²) in [6, 6.07) is 9.64. The number of ether oxygens (including phenoxy) is 2. The van der Waals surface area contributed by atoms with Crippen LogP contribution in [0.5, 0.6) is 0 Å². The summed E-state index contributed by atoms with van der Waals surface area (Å²) in [5.41, 5.74) is 7.94. The molecule has 0 fully saturated rings. The van der Waals surface area contributed by atoms with Gasteiger partial charge in [-0.2, -0.15) is 5.10 Å². The third-order valence-electron chi connectivity index (χ3n) is 7.64. The highest BCUT2D eigenvalue weighted by Gasteiger charge is 2.33. The van der Waals surface area contributed by atoms with E-state index in [-0.39, 0.29) is 6.61 Å². The number of rotatable bonds is 7. The summed E-state index contributed by atoms with van der Waals surface area (Å²) in [6.45, 7) is 9.84. The van der Waals surface area contributed by atoms with E-state index in [1.54, 1.807) is 17.8 Å². The quantitative estimate of drug-likeness (QED) is 0.166. The Morgan fingerprint density at radius 1 is 1.16 bits per heavy atom. The van der Waals surface area contributed by atoms with Gasteiger partial charge < -0.3 is 9.47 Å². The van der Waals surface area contributed by atoms with Crippen LogP contribution in [-0.2, 0) is 21.3 Å². The molecule has 0 unspecified atom stereocenters. The van der Waals surface area contributed by atoms with Gasteiger partial charge in [0, 0.05) is 23.2 Å². The Kier molecular flexibility index (Phi) is 8.30. The topological polar surface area (TPSA) is 92.0 Å². The van der Waals surface area contributed by atoms with Crippen LogP contribution in [-0.4, -0.2) is 42.9 Å². The number of allylic oxidation sites excluding steroid dienone is 2. The minimum atomic E-state index is -0.937. The van der Waals surface area contributed by atoms with Gasteiger partial charge >= 0.3 is 5.97 Å². The number of halogens is 1. The molecule has 0 spiro atoms. The van der Waals surface area contributed by atoms with Gasteiger partial charge in [0.25, 0.3) is 0 Å². The third-order valence-corrected chi connectivity index (χ3v) is 9.01. The zero-order chi connectivity index (χ0) is 31.2. The van der Waals surface area contributed by atoms with Gasteiger partial charge in [-0.3, -0.25) is 0 Å². The molecule has 44 heavy (non-hydrogen) atoms. The predicted octanol–water partition coefficient (Wildman–Crippen LogP) is 8.65. The first-order valence-corrected chi connectivity index (χ1v) is 16.2. The largest absolute Gasteiger partial charge is 0.464 e. The highest BCUT2D eigenvalue weighted by Crippen LogP contribution is 2.44. The van der Waals surface area contributed by atoms with Crippen molar-refractivity contribution in [2.45, 2.75) is 72.0 Å². The number of aryl methyl sites for hydroxylation is 2. The molecule has 0 N–H and O–H groups in total. The second-order valence-corrected chi connectivity index (χ2v) is 13.5. The Hall–Kier alpha value is -3.66. The predicted molar refractivity (Wildman–Crippen MR) is 177 cm³/mol. The molecule has 228 valence electrons. The van der Waals surface area contributed by atoms with Crippen molar-refractivity contribution in [2.24, 2.45) is 7.05 Å². The second kappa shape index (κ2) is 12.0. The first-order valence-electron chi connectivity index (χ1n) is 15.0. The van der Waals surface area contributed by atoms with Gasteiger partial charge in [-0.15, -0.1) is 11.3 Å². The summed E-state index contributed by atoms with van der Waals surface area (Å²) >= 11 is 7.82. The molecule has 5 aromatic rings. The van der Waals surface area contributed by atoms with Crippen molar-refractivity contribution in [1.29, 1.82) is 0 Å². The van der Waals surface area contributed by atoms with Crippen LogP contribution >= 0.6 is 22.9 Å². The standard InChI is InChI=1S/C34H36ClN5O3S/c1-7-42-33(41)29(43-34(3,4)5)25-19(2)17-23-30(26(25)20-13-15-22(35)16-14-20)44-32(38-23)24-18-36-31-28(37-24)27(39-40(31)6)21-11-9-8-10-12-21/h11,13-18,29H,7-10,12H2,1-6H3/t29-/m0/s1. The summed E-state index contributed by atoms with van der Waals surface area (Å²) in [5.74, 6) is -0.428. The van der Waals surface area contributed by atoms with Crippen LogP contribution < -0.4 is 0 Å². The molecule has 0 amide bonds. The molecular formula is C34H36ClN5O3S. The van der Waals surface area contributed by atoms with E-state index in [0.29, 0.717) is 10.7 Å². The first-order chi connectivity index (χ1) is 21.0. The molecule has 1 atom stereocenters. The summed E-state index contributed by atoms with van der Waals surface area (Å²) < 4.78 is 14.7. The average Bonchev–Trinajstić information content (AvgIpc) is 3.56. The number of nitrogens with zero attached hydrogens (tertiary/aromatic N) is 5. The van der Waals surface area contributed by atoms with Crippen LogP contribution in [0.15, 0.2) is 42.6 Å². The molecule has 0 saturated heterocycles. The Morgan fingerprint density at radius 3 is 2.61 bits per heavy atom. The number of benzene rings is 2. The second-order valence-electron chi connectivity index (χ2n) is 12.1. The van der Waals surface area contributed by atoms with Crippen molar-refractivity contribution in [3.05, 3.63) is 64.4 Å². The molecule has 3 heterocycles. The average molecular weight is 630 g/mol. The number of aromatic nitrogens is 5. The monoisotopic (exact) mass is 629 g/mol. The fourth-order valence-corrected chi connectivity index (χ4v) is 6.96. The van der Waals surface area contributed by atoms with Gasteiger partial charge in [0.15, 0.2) is 11.8 Å². The van der Waals surface area contributed by atoms with E-state index in [1.165, 1.54) is 23.3 Å². The molecule has 0 aliphatic heterocycles. The number of esters is 1. The molecule has 1 aliphatic carbocycles. The lowest BCUT2D eigenvalue weighted by Crippen LogP contribution is -2.29. The lowest BCUT2D eigenvalue weighted by Gasteiger charge is -2.29. The highest BCUT2D eigenvalue weighted by atomic mass is 35.5. The van der Waals surface area contributed by atoms with Crippen molar-refractivity contribution in [3.63, 3.8) is 0 Å². The maximum atomic E-state index is 13.5. The summed E-state index contributed by atoms with van der Waals surface area (Å²) in [5, 5.41) is 6.15. The fourth-order valence-electron chi connectivity index (χ4n) is 5.75. The number of hydrogen-bond acceptors (Lipinski definition) is 8. The van der Waals surface area contributed by atoms with Crippen molar-refractivity contribution in [2.75, 3.05) is 6.61 Å². The van der Waals surface area contributed by atoms with Crippen LogP contribution in [0.1, 0.15) is 76.3 Å². The molecular weight excluding hydrogens is 594 g/mol. The van der Waals surface area contributed by atoms with Crippen molar-refractivity contribution in [1.82, 2.24) is 24.7 Å². The Balaban J connectivity index is 1.57. The first kappa shape index (κ1) is 30.4. The van der Waals surface area contributed by atoms with Gasteiger partial charge in [-0.1, -0.05) is 29.8 Å². The van der Waals surface area contributed by atoms with Gasteiger partial charge in [0.1, 0.15) is 21.9 Å². The number of carbonyl (C=O) groups is 1. The minimum absolute atomic E-state index is 0.249. The highest BCUT2D eigenvalue weighted by molar-refractivity contribution is 7.22. The molecule has 10 heteroatoms.